The van der Waals surface area contributed by atoms with Gasteiger partial charge in [-0.25, -0.2) is 0 Å². The average molecular weight is 191 g/mol. The molecule has 3 nitrogen and oxygen atoms in total. The van der Waals surface area contributed by atoms with Gasteiger partial charge in [0.1, 0.15) is 5.37 Å². The molecule has 1 unspecified atom stereocenters. The highest BCUT2D eigenvalue weighted by Gasteiger charge is 2.57. The third-order valence-electron chi connectivity index (χ3n) is 1.79. The Morgan fingerprint density at radius 1 is 1.91 bits per heavy atom. The molecule has 0 aromatic rings. The molecule has 1 fully saturated rings. The number of nitrogens with zero attached hydrogens (tertiary/aromatic N) is 1. The van der Waals surface area contributed by atoms with Crippen LogP contribution in [0.2, 0.25) is 0 Å². The van der Waals surface area contributed by atoms with Gasteiger partial charge in [0.2, 0.25) is 5.00 Å². The lowest BCUT2D eigenvalue weighted by Gasteiger charge is -2.49. The van der Waals surface area contributed by atoms with Crippen molar-refractivity contribution in [2.24, 2.45) is 5.73 Å². The molecule has 0 aliphatic carbocycles. The second kappa shape index (κ2) is 2.15. The standard InChI is InChI=1S/C6H7ClN2OS/c7-6(8)4(10)9-2-1-3-11-5(6)9/h1-2,5H,3,8H2/t5-,6?/m0/s1. The molecule has 2 rings (SSSR count). The Labute approximate surface area is 73.6 Å². The van der Waals surface area contributed by atoms with Gasteiger partial charge in [0.25, 0.3) is 5.91 Å². The number of rotatable bonds is 0. The predicted octanol–water partition coefficient (Wildman–Crippen LogP) is 0.309. The van der Waals surface area contributed by atoms with E-state index in [0.29, 0.717) is 0 Å². The summed E-state index contributed by atoms with van der Waals surface area (Å²) >= 11 is 7.35. The molecule has 0 bridgehead atoms. The van der Waals surface area contributed by atoms with Gasteiger partial charge < -0.3 is 10.6 Å². The Bertz CT molecular complexity index is 241. The number of thioether (sulfide) groups is 1. The molecule has 2 atom stereocenters. The number of hydrogen-bond acceptors (Lipinski definition) is 3. The molecule has 5 heteroatoms. The van der Waals surface area contributed by atoms with Crippen LogP contribution in [0.4, 0.5) is 0 Å². The molecule has 2 aliphatic rings. The van der Waals surface area contributed by atoms with Crippen molar-refractivity contribution >= 4 is 29.3 Å². The number of hydrogen-bond donors (Lipinski definition) is 1. The maximum atomic E-state index is 11.1. The van der Waals surface area contributed by atoms with Gasteiger partial charge in [0.15, 0.2) is 0 Å². The van der Waals surface area contributed by atoms with E-state index in [9.17, 15) is 4.79 Å². The fourth-order valence-electron chi connectivity index (χ4n) is 1.20. The largest absolute Gasteiger partial charge is 0.302 e. The van der Waals surface area contributed by atoms with Crippen molar-refractivity contribution in [1.82, 2.24) is 4.90 Å². The molecule has 1 amide bonds. The number of carbonyl (C=O) groups is 1. The maximum absolute atomic E-state index is 11.1. The Morgan fingerprint density at radius 3 is 3.27 bits per heavy atom. The summed E-state index contributed by atoms with van der Waals surface area (Å²) in [4.78, 5) is 11.5. The minimum atomic E-state index is -1.16. The number of fused-ring (bicyclic) bond motifs is 1. The smallest absolute Gasteiger partial charge is 0.266 e. The van der Waals surface area contributed by atoms with E-state index in [2.05, 4.69) is 0 Å². The molecule has 0 aromatic heterocycles. The third-order valence-corrected chi connectivity index (χ3v) is 3.59. The van der Waals surface area contributed by atoms with Crippen molar-refractivity contribution < 1.29 is 4.79 Å². The molecule has 0 saturated carbocycles. The predicted molar refractivity (Wildman–Crippen MR) is 45.0 cm³/mol. The molecule has 1 saturated heterocycles. The minimum absolute atomic E-state index is 0.0679. The maximum Gasteiger partial charge on any atom is 0.266 e. The summed E-state index contributed by atoms with van der Waals surface area (Å²) in [6.45, 7) is 0. The number of carbonyl (C=O) groups excluding carboxylic acids is 1. The Hall–Kier alpha value is -0.190. The van der Waals surface area contributed by atoms with Crippen molar-refractivity contribution in [2.75, 3.05) is 5.75 Å². The van der Waals surface area contributed by atoms with E-state index in [1.807, 2.05) is 6.08 Å². The van der Waals surface area contributed by atoms with Crippen LogP contribution in [0.25, 0.3) is 0 Å². The van der Waals surface area contributed by atoms with Gasteiger partial charge in [-0.1, -0.05) is 17.7 Å². The van der Waals surface area contributed by atoms with Crippen molar-refractivity contribution in [3.8, 4) is 0 Å². The Kier molecular flexibility index (Phi) is 1.46. The molecule has 0 radical (unpaired) electrons. The van der Waals surface area contributed by atoms with Crippen LogP contribution in [-0.2, 0) is 4.79 Å². The van der Waals surface area contributed by atoms with E-state index in [4.69, 9.17) is 17.3 Å². The molecule has 2 aliphatic heterocycles. The van der Waals surface area contributed by atoms with E-state index < -0.39 is 5.00 Å². The summed E-state index contributed by atoms with van der Waals surface area (Å²) in [5.41, 5.74) is 5.54. The van der Waals surface area contributed by atoms with E-state index >= 15 is 0 Å². The first kappa shape index (κ1) is 7.46. The summed E-state index contributed by atoms with van der Waals surface area (Å²) in [6, 6.07) is 0. The first-order valence-electron chi connectivity index (χ1n) is 3.23. The fourth-order valence-corrected chi connectivity index (χ4v) is 2.64. The average Bonchev–Trinajstić information content (AvgIpc) is 2.04. The van der Waals surface area contributed by atoms with Crippen LogP contribution < -0.4 is 5.73 Å². The van der Waals surface area contributed by atoms with E-state index in [-0.39, 0.29) is 11.3 Å². The lowest BCUT2D eigenvalue weighted by atomic mass is 10.1. The summed E-state index contributed by atoms with van der Waals surface area (Å²) in [5, 5.41) is -0.0679. The van der Waals surface area contributed by atoms with Crippen molar-refractivity contribution in [1.29, 1.82) is 0 Å². The first-order valence-corrected chi connectivity index (χ1v) is 4.65. The van der Waals surface area contributed by atoms with Gasteiger partial charge in [-0.15, -0.1) is 11.8 Å². The molecule has 0 aromatic carbocycles. The van der Waals surface area contributed by atoms with Crippen LogP contribution in [0.3, 0.4) is 0 Å². The van der Waals surface area contributed by atoms with Gasteiger partial charge in [0, 0.05) is 12.0 Å². The highest BCUT2D eigenvalue weighted by Crippen LogP contribution is 2.41. The molecule has 60 valence electrons. The van der Waals surface area contributed by atoms with E-state index in [1.54, 1.807) is 22.9 Å². The van der Waals surface area contributed by atoms with Gasteiger partial charge in [0.05, 0.1) is 0 Å². The van der Waals surface area contributed by atoms with Gasteiger partial charge >= 0.3 is 0 Å². The van der Waals surface area contributed by atoms with Gasteiger partial charge in [-0.2, -0.15) is 0 Å². The van der Waals surface area contributed by atoms with Crippen LogP contribution in [-0.4, -0.2) is 26.9 Å². The van der Waals surface area contributed by atoms with Crippen molar-refractivity contribution in [2.45, 2.75) is 10.4 Å². The molecule has 11 heavy (non-hydrogen) atoms. The van der Waals surface area contributed by atoms with Crippen molar-refractivity contribution in [3.63, 3.8) is 0 Å². The summed E-state index contributed by atoms with van der Waals surface area (Å²) in [7, 11) is 0. The monoisotopic (exact) mass is 190 g/mol. The van der Waals surface area contributed by atoms with Crippen molar-refractivity contribution in [3.05, 3.63) is 12.3 Å². The number of β-lactam (4-membered cyclic amide) rings is 1. The quantitative estimate of drug-likeness (QED) is 0.340. The van der Waals surface area contributed by atoms with Crippen LogP contribution in [0.15, 0.2) is 12.3 Å². The topological polar surface area (TPSA) is 46.3 Å². The lowest BCUT2D eigenvalue weighted by Crippen LogP contribution is -2.72. The molecular weight excluding hydrogens is 184 g/mol. The fraction of sp³-hybridized carbons (Fsp3) is 0.500. The Balaban J connectivity index is 2.26. The molecule has 2 heterocycles. The second-order valence-electron chi connectivity index (χ2n) is 2.55. The lowest BCUT2D eigenvalue weighted by molar-refractivity contribution is -0.142. The zero-order valence-electron chi connectivity index (χ0n) is 5.66. The van der Waals surface area contributed by atoms with Gasteiger partial charge in [-0.3, -0.25) is 4.79 Å². The zero-order valence-corrected chi connectivity index (χ0v) is 7.23. The Morgan fingerprint density at radius 2 is 2.64 bits per heavy atom. The van der Waals surface area contributed by atoms with Crippen LogP contribution in [0.1, 0.15) is 0 Å². The first-order chi connectivity index (χ1) is 5.14. The zero-order chi connectivity index (χ0) is 8.06. The van der Waals surface area contributed by atoms with Gasteiger partial charge in [-0.05, 0) is 0 Å². The number of alkyl halides is 1. The van der Waals surface area contributed by atoms with E-state index in [1.165, 1.54) is 0 Å². The number of nitrogens with two attached hydrogens (primary N) is 1. The second-order valence-corrected chi connectivity index (χ2v) is 4.29. The highest BCUT2D eigenvalue weighted by atomic mass is 35.5. The molecule has 2 N–H and O–H groups in total. The molecular formula is C6H7ClN2OS. The van der Waals surface area contributed by atoms with Crippen LogP contribution >= 0.6 is 23.4 Å². The normalized spacial score (nSPS) is 41.8. The summed E-state index contributed by atoms with van der Waals surface area (Å²) in [5.74, 6) is 0.674. The molecule has 0 spiro atoms. The summed E-state index contributed by atoms with van der Waals surface area (Å²) < 4.78 is 0. The van der Waals surface area contributed by atoms with E-state index in [0.717, 1.165) is 5.75 Å². The third kappa shape index (κ3) is 0.832. The van der Waals surface area contributed by atoms with Crippen LogP contribution in [0.5, 0.6) is 0 Å². The number of amides is 1. The van der Waals surface area contributed by atoms with Crippen LogP contribution in [0, 0.1) is 0 Å². The summed E-state index contributed by atoms with van der Waals surface area (Å²) in [6.07, 6.45) is 3.67. The minimum Gasteiger partial charge on any atom is -0.302 e. The highest BCUT2D eigenvalue weighted by molar-refractivity contribution is 8.00. The SMILES string of the molecule is NC1(Cl)C(=O)N2C=CCS[C@H]21. The number of halogens is 1.